The van der Waals surface area contributed by atoms with Crippen LogP contribution in [0, 0.1) is 6.92 Å². The Hall–Kier alpha value is -2.38. The van der Waals surface area contributed by atoms with Crippen LogP contribution in [0.1, 0.15) is 5.56 Å². The van der Waals surface area contributed by atoms with Crippen LogP contribution < -0.4 is 14.5 Å². The van der Waals surface area contributed by atoms with Crippen molar-refractivity contribution in [3.05, 3.63) is 51.5 Å². The molecule has 0 saturated carbocycles. The zero-order chi connectivity index (χ0) is 19.8. The van der Waals surface area contributed by atoms with Gasteiger partial charge >= 0.3 is 0 Å². The van der Waals surface area contributed by atoms with Crippen LogP contribution >= 0.6 is 27.5 Å². The van der Waals surface area contributed by atoms with Crippen LogP contribution in [0.4, 0.5) is 11.6 Å². The number of rotatable bonds is 3. The third-order valence-corrected chi connectivity index (χ3v) is 5.38. The summed E-state index contributed by atoms with van der Waals surface area (Å²) in [4.78, 5) is 25.9. The molecule has 3 aromatic rings. The van der Waals surface area contributed by atoms with Gasteiger partial charge in [0.1, 0.15) is 5.75 Å². The molecule has 0 saturated heterocycles. The SMILES string of the molecule is Cc1cc(Br)cc(Cl)c1OCC(=O)N1CCN(C)c2nc3ccccc3nc21. The van der Waals surface area contributed by atoms with Crippen LogP contribution in [0.15, 0.2) is 40.9 Å². The monoisotopic (exact) mass is 460 g/mol. The zero-order valence-corrected chi connectivity index (χ0v) is 17.8. The number of fused-ring (bicyclic) bond motifs is 2. The number of nitrogens with zero attached hydrogens (tertiary/aromatic N) is 4. The van der Waals surface area contributed by atoms with E-state index in [1.807, 2.05) is 49.2 Å². The maximum Gasteiger partial charge on any atom is 0.266 e. The molecule has 4 rings (SSSR count). The molecule has 0 aliphatic carbocycles. The van der Waals surface area contributed by atoms with Crippen molar-refractivity contribution in [1.82, 2.24) is 9.97 Å². The summed E-state index contributed by atoms with van der Waals surface area (Å²) >= 11 is 9.66. The molecule has 0 spiro atoms. The number of aromatic nitrogens is 2. The van der Waals surface area contributed by atoms with Crippen LogP contribution in [-0.4, -0.2) is 42.6 Å². The van der Waals surface area contributed by atoms with E-state index in [1.54, 1.807) is 11.0 Å². The fraction of sp³-hybridized carbons (Fsp3) is 0.250. The lowest BCUT2D eigenvalue weighted by molar-refractivity contribution is -0.120. The Morgan fingerprint density at radius 2 is 1.86 bits per heavy atom. The Bertz CT molecular complexity index is 1050. The van der Waals surface area contributed by atoms with Gasteiger partial charge in [0.25, 0.3) is 5.91 Å². The maximum absolute atomic E-state index is 12.9. The van der Waals surface area contributed by atoms with E-state index in [9.17, 15) is 4.79 Å². The number of ether oxygens (including phenoxy) is 1. The highest BCUT2D eigenvalue weighted by molar-refractivity contribution is 9.10. The Kier molecular flexibility index (Phi) is 5.12. The van der Waals surface area contributed by atoms with Gasteiger partial charge in [-0.15, -0.1) is 0 Å². The summed E-state index contributed by atoms with van der Waals surface area (Å²) < 4.78 is 6.63. The van der Waals surface area contributed by atoms with Gasteiger partial charge in [0.2, 0.25) is 0 Å². The van der Waals surface area contributed by atoms with E-state index in [0.717, 1.165) is 21.1 Å². The summed E-state index contributed by atoms with van der Waals surface area (Å²) in [6.07, 6.45) is 0. The lowest BCUT2D eigenvalue weighted by Crippen LogP contribution is -2.45. The molecule has 0 unspecified atom stereocenters. The normalized spacial score (nSPS) is 13.6. The molecule has 1 aliphatic heterocycles. The van der Waals surface area contributed by atoms with Crippen molar-refractivity contribution < 1.29 is 9.53 Å². The predicted octanol–water partition coefficient (Wildman–Crippen LogP) is 4.22. The second-order valence-corrected chi connectivity index (χ2v) is 7.97. The molecule has 6 nitrogen and oxygen atoms in total. The number of aryl methyl sites for hydroxylation is 1. The van der Waals surface area contributed by atoms with Gasteiger partial charge in [0, 0.05) is 24.6 Å². The molecule has 28 heavy (non-hydrogen) atoms. The molecule has 144 valence electrons. The minimum Gasteiger partial charge on any atom is -0.482 e. The van der Waals surface area contributed by atoms with Crippen molar-refractivity contribution in [2.45, 2.75) is 6.92 Å². The summed E-state index contributed by atoms with van der Waals surface area (Å²) in [5, 5.41) is 0.462. The number of carbonyl (C=O) groups excluding carboxylic acids is 1. The van der Waals surface area contributed by atoms with E-state index >= 15 is 0 Å². The molecule has 0 atom stereocenters. The van der Waals surface area contributed by atoms with Gasteiger partial charge in [-0.05, 0) is 36.8 Å². The van der Waals surface area contributed by atoms with Crippen LogP contribution in [-0.2, 0) is 4.79 Å². The summed E-state index contributed by atoms with van der Waals surface area (Å²) in [5.74, 6) is 1.57. The second kappa shape index (κ2) is 7.56. The van der Waals surface area contributed by atoms with Crippen molar-refractivity contribution in [2.24, 2.45) is 0 Å². The summed E-state index contributed by atoms with van der Waals surface area (Å²) in [7, 11) is 1.95. The van der Waals surface area contributed by atoms with Crippen LogP contribution in [0.3, 0.4) is 0 Å². The van der Waals surface area contributed by atoms with Gasteiger partial charge in [0.05, 0.1) is 16.1 Å². The second-order valence-electron chi connectivity index (χ2n) is 6.65. The molecule has 1 aliphatic rings. The molecule has 0 bridgehead atoms. The molecule has 1 aromatic heterocycles. The van der Waals surface area contributed by atoms with Gasteiger partial charge in [-0.1, -0.05) is 39.7 Å². The van der Waals surface area contributed by atoms with E-state index in [4.69, 9.17) is 16.3 Å². The topological polar surface area (TPSA) is 58.6 Å². The Labute approximate surface area is 176 Å². The minimum atomic E-state index is -0.183. The van der Waals surface area contributed by atoms with Gasteiger partial charge in [-0.2, -0.15) is 0 Å². The Balaban J connectivity index is 1.61. The average molecular weight is 462 g/mol. The number of benzene rings is 2. The number of hydrogen-bond donors (Lipinski definition) is 0. The first kappa shape index (κ1) is 19.0. The summed E-state index contributed by atoms with van der Waals surface area (Å²) in [6.45, 7) is 2.95. The van der Waals surface area contributed by atoms with Crippen LogP contribution in [0.5, 0.6) is 5.75 Å². The van der Waals surface area contributed by atoms with Crippen molar-refractivity contribution >= 4 is 56.1 Å². The van der Waals surface area contributed by atoms with Crippen molar-refractivity contribution in [3.63, 3.8) is 0 Å². The first-order valence-electron chi connectivity index (χ1n) is 8.81. The van der Waals surface area contributed by atoms with E-state index in [2.05, 4.69) is 25.9 Å². The molecule has 2 heterocycles. The third kappa shape index (κ3) is 3.52. The number of carbonyl (C=O) groups is 1. The molecule has 1 amide bonds. The van der Waals surface area contributed by atoms with Crippen LogP contribution in [0.2, 0.25) is 5.02 Å². The molecule has 0 N–H and O–H groups in total. The third-order valence-electron chi connectivity index (χ3n) is 4.65. The van der Waals surface area contributed by atoms with Gasteiger partial charge < -0.3 is 9.64 Å². The molecule has 8 heteroatoms. The highest BCUT2D eigenvalue weighted by Gasteiger charge is 2.29. The van der Waals surface area contributed by atoms with Crippen molar-refractivity contribution in [1.29, 1.82) is 0 Å². The quantitative estimate of drug-likeness (QED) is 0.585. The number of likely N-dealkylation sites (N-methyl/N-ethyl adjacent to an activating group) is 1. The fourth-order valence-electron chi connectivity index (χ4n) is 3.21. The molecule has 0 fully saturated rings. The summed E-state index contributed by atoms with van der Waals surface area (Å²) in [6, 6.07) is 11.3. The molecular formula is C20H18BrClN4O2. The van der Waals surface area contributed by atoms with Gasteiger partial charge in [-0.25, -0.2) is 9.97 Å². The van der Waals surface area contributed by atoms with E-state index in [0.29, 0.717) is 35.5 Å². The fourth-order valence-corrected chi connectivity index (χ4v) is 4.23. The van der Waals surface area contributed by atoms with Crippen molar-refractivity contribution in [3.8, 4) is 5.75 Å². The van der Waals surface area contributed by atoms with E-state index in [1.165, 1.54) is 0 Å². The zero-order valence-electron chi connectivity index (χ0n) is 15.4. The molecule has 2 aromatic carbocycles. The number of hydrogen-bond acceptors (Lipinski definition) is 5. The highest BCUT2D eigenvalue weighted by atomic mass is 79.9. The van der Waals surface area contributed by atoms with Gasteiger partial charge in [0.15, 0.2) is 18.2 Å². The predicted molar refractivity (Wildman–Crippen MR) is 115 cm³/mol. The maximum atomic E-state index is 12.9. The first-order chi connectivity index (χ1) is 13.4. The smallest absolute Gasteiger partial charge is 0.266 e. The van der Waals surface area contributed by atoms with E-state index in [-0.39, 0.29) is 12.5 Å². The lowest BCUT2D eigenvalue weighted by atomic mass is 10.2. The number of anilines is 2. The lowest BCUT2D eigenvalue weighted by Gasteiger charge is -2.33. The van der Waals surface area contributed by atoms with Gasteiger partial charge in [-0.3, -0.25) is 9.69 Å². The number of halogens is 2. The standard InChI is InChI=1S/C20H18BrClN4O2/c1-12-9-13(21)10-14(22)18(12)28-11-17(27)26-8-7-25(2)19-20(26)24-16-6-4-3-5-15(16)23-19/h3-6,9-10H,7-8,11H2,1-2H3. The highest BCUT2D eigenvalue weighted by Crippen LogP contribution is 2.33. The number of amides is 1. The average Bonchev–Trinajstić information content (AvgIpc) is 2.66. The minimum absolute atomic E-state index is 0.125. The van der Waals surface area contributed by atoms with Crippen LogP contribution in [0.25, 0.3) is 11.0 Å². The van der Waals surface area contributed by atoms with E-state index < -0.39 is 0 Å². The molecule has 0 radical (unpaired) electrons. The first-order valence-corrected chi connectivity index (χ1v) is 9.98. The van der Waals surface area contributed by atoms with Crippen molar-refractivity contribution in [2.75, 3.05) is 36.5 Å². The molecular weight excluding hydrogens is 444 g/mol. The largest absolute Gasteiger partial charge is 0.482 e. The number of para-hydroxylation sites is 2. The summed E-state index contributed by atoms with van der Waals surface area (Å²) in [5.41, 5.74) is 2.41. The Morgan fingerprint density at radius 3 is 2.54 bits per heavy atom. The Morgan fingerprint density at radius 1 is 1.18 bits per heavy atom.